The van der Waals surface area contributed by atoms with Crippen LogP contribution in [-0.2, 0) is 33.2 Å². The van der Waals surface area contributed by atoms with Gasteiger partial charge in [0.05, 0.1) is 26.4 Å². The molecule has 7 N–H and O–H groups in total. The lowest BCUT2D eigenvalue weighted by Gasteiger charge is -2.42. The number of unbranched alkanes of at least 4 members (excludes halogenated alkanes) is 17. The number of ether oxygens (including phenoxy) is 6. The van der Waals surface area contributed by atoms with Gasteiger partial charge in [-0.25, -0.2) is 0 Å². The van der Waals surface area contributed by atoms with Gasteiger partial charge in [0, 0.05) is 13.0 Å². The molecule has 0 aromatic heterocycles. The Kier molecular flexibility index (Phi) is 26.6. The predicted octanol–water partition coefficient (Wildman–Crippen LogP) is 3.40. The molecule has 2 saturated heterocycles. The normalized spacial score (nSPS) is 29.7. The Morgan fingerprint density at radius 2 is 1.00 bits per heavy atom. The summed E-state index contributed by atoms with van der Waals surface area (Å²) in [4.78, 5) is 12.8. The lowest BCUT2D eigenvalue weighted by atomic mass is 9.98. The van der Waals surface area contributed by atoms with Crippen LogP contribution in [0.25, 0.3) is 0 Å². The van der Waals surface area contributed by atoms with Crippen molar-refractivity contribution in [2.75, 3.05) is 33.0 Å². The van der Waals surface area contributed by atoms with Gasteiger partial charge < -0.3 is 64.2 Å². The molecule has 14 nitrogen and oxygen atoms in total. The minimum atomic E-state index is -1.70. The molecule has 314 valence electrons. The second-order valence-electron chi connectivity index (χ2n) is 14.8. The Morgan fingerprint density at radius 3 is 1.53 bits per heavy atom. The maximum Gasteiger partial charge on any atom is 0.306 e. The molecule has 0 radical (unpaired) electrons. The summed E-state index contributed by atoms with van der Waals surface area (Å²) in [5.74, 6) is -0.382. The fourth-order valence-corrected chi connectivity index (χ4v) is 6.64. The summed E-state index contributed by atoms with van der Waals surface area (Å²) in [6, 6.07) is 0. The van der Waals surface area contributed by atoms with Gasteiger partial charge in [-0.15, -0.1) is 0 Å². The first-order valence-corrected chi connectivity index (χ1v) is 20.6. The largest absolute Gasteiger partial charge is 0.457 e. The Hall–Kier alpha value is -1.01. The van der Waals surface area contributed by atoms with Gasteiger partial charge in [-0.1, -0.05) is 123 Å². The van der Waals surface area contributed by atoms with Crippen LogP contribution in [-0.4, -0.2) is 142 Å². The highest BCUT2D eigenvalue weighted by Crippen LogP contribution is 2.26. The zero-order valence-electron chi connectivity index (χ0n) is 32.5. The van der Waals surface area contributed by atoms with Crippen LogP contribution < -0.4 is 0 Å². The van der Waals surface area contributed by atoms with E-state index in [0.717, 1.165) is 38.5 Å². The number of aliphatic hydroxyl groups is 7. The summed E-state index contributed by atoms with van der Waals surface area (Å²) in [7, 11) is 0. The number of carbonyl (C=O) groups excluding carboxylic acids is 1. The van der Waals surface area contributed by atoms with Crippen molar-refractivity contribution in [3.63, 3.8) is 0 Å². The molecular weight excluding hydrogens is 692 g/mol. The second kappa shape index (κ2) is 29.3. The number of hydrogen-bond acceptors (Lipinski definition) is 14. The summed E-state index contributed by atoms with van der Waals surface area (Å²) in [5, 5.41) is 71.6. The molecule has 0 aromatic carbocycles. The van der Waals surface area contributed by atoms with E-state index in [1.165, 1.54) is 77.0 Å². The molecule has 53 heavy (non-hydrogen) atoms. The Balaban J connectivity index is 1.83. The Morgan fingerprint density at radius 1 is 0.547 bits per heavy atom. The second-order valence-corrected chi connectivity index (χ2v) is 14.8. The third-order valence-electron chi connectivity index (χ3n) is 10.1. The van der Waals surface area contributed by atoms with Crippen LogP contribution in [0.15, 0.2) is 0 Å². The van der Waals surface area contributed by atoms with Crippen LogP contribution in [0.5, 0.6) is 0 Å². The molecule has 0 aliphatic carbocycles. The molecular formula is C39H74O14. The average Bonchev–Trinajstić information content (AvgIpc) is 3.15. The molecule has 0 amide bonds. The third kappa shape index (κ3) is 19.1. The van der Waals surface area contributed by atoms with E-state index >= 15 is 0 Å². The number of esters is 1. The van der Waals surface area contributed by atoms with E-state index in [1.807, 2.05) is 0 Å². The van der Waals surface area contributed by atoms with Gasteiger partial charge in [-0.05, 0) is 12.8 Å². The summed E-state index contributed by atoms with van der Waals surface area (Å²) < 4.78 is 33.9. The van der Waals surface area contributed by atoms with E-state index in [-0.39, 0.29) is 25.6 Å². The van der Waals surface area contributed by atoms with E-state index in [1.54, 1.807) is 0 Å². The summed E-state index contributed by atoms with van der Waals surface area (Å²) in [6.07, 6.45) is 6.33. The van der Waals surface area contributed by atoms with Crippen LogP contribution in [0, 0.1) is 0 Å². The molecule has 0 bridgehead atoms. The highest BCUT2D eigenvalue weighted by atomic mass is 16.7. The fraction of sp³-hybridized carbons (Fsp3) is 0.974. The maximum absolute atomic E-state index is 12.8. The van der Waals surface area contributed by atoms with Crippen molar-refractivity contribution in [2.24, 2.45) is 0 Å². The summed E-state index contributed by atoms with van der Waals surface area (Å²) >= 11 is 0. The summed E-state index contributed by atoms with van der Waals surface area (Å²) in [5.41, 5.74) is 0. The van der Waals surface area contributed by atoms with Crippen molar-refractivity contribution >= 4 is 5.97 Å². The smallest absolute Gasteiger partial charge is 0.306 e. The highest BCUT2D eigenvalue weighted by molar-refractivity contribution is 5.69. The lowest BCUT2D eigenvalue weighted by Crippen LogP contribution is -2.61. The highest BCUT2D eigenvalue weighted by Gasteiger charge is 2.47. The van der Waals surface area contributed by atoms with Gasteiger partial charge in [0.1, 0.15) is 54.9 Å². The molecule has 11 unspecified atom stereocenters. The van der Waals surface area contributed by atoms with Gasteiger partial charge in [0.25, 0.3) is 0 Å². The Labute approximate surface area is 317 Å². The summed E-state index contributed by atoms with van der Waals surface area (Å²) in [6.45, 7) is 3.62. The zero-order chi connectivity index (χ0) is 38.8. The van der Waals surface area contributed by atoms with Gasteiger partial charge in [0.2, 0.25) is 0 Å². The molecule has 14 heteroatoms. The standard InChI is InChI=1S/C39H74O14/c1-3-5-7-9-11-12-13-14-15-17-19-21-23-48-25-28(51-31(41)22-20-18-16-10-8-6-4-2)26-49-38-37(47)35(45)33(43)30(53-38)27-50-39-36(46)34(44)32(42)29(24-40)52-39/h28-30,32-40,42-47H,3-27H2,1-2H3. The van der Waals surface area contributed by atoms with Crippen molar-refractivity contribution in [3.05, 3.63) is 0 Å². The van der Waals surface area contributed by atoms with E-state index in [0.29, 0.717) is 13.0 Å². The van der Waals surface area contributed by atoms with E-state index < -0.39 is 80.7 Å². The van der Waals surface area contributed by atoms with Gasteiger partial charge in [-0.2, -0.15) is 0 Å². The number of hydrogen-bond donors (Lipinski definition) is 7. The molecule has 0 aromatic rings. The molecule has 2 aliphatic rings. The van der Waals surface area contributed by atoms with Crippen molar-refractivity contribution in [1.82, 2.24) is 0 Å². The quantitative estimate of drug-likeness (QED) is 0.0398. The van der Waals surface area contributed by atoms with E-state index in [9.17, 15) is 40.5 Å². The molecule has 0 spiro atoms. The molecule has 2 rings (SSSR count). The van der Waals surface area contributed by atoms with Crippen LogP contribution in [0.2, 0.25) is 0 Å². The number of rotatable bonds is 31. The first-order chi connectivity index (χ1) is 25.6. The number of carbonyl (C=O) groups is 1. The van der Waals surface area contributed by atoms with Crippen molar-refractivity contribution < 1.29 is 69.0 Å². The minimum Gasteiger partial charge on any atom is -0.457 e. The zero-order valence-corrected chi connectivity index (χ0v) is 32.5. The molecule has 2 heterocycles. The van der Waals surface area contributed by atoms with Crippen molar-refractivity contribution in [1.29, 1.82) is 0 Å². The first-order valence-electron chi connectivity index (χ1n) is 20.6. The topological polar surface area (TPSA) is 214 Å². The molecule has 2 aliphatic heterocycles. The van der Waals surface area contributed by atoms with E-state index in [2.05, 4.69) is 13.8 Å². The molecule has 0 saturated carbocycles. The Bertz CT molecular complexity index is 896. The third-order valence-corrected chi connectivity index (χ3v) is 10.1. The minimum absolute atomic E-state index is 0.0679. The van der Waals surface area contributed by atoms with Crippen molar-refractivity contribution in [2.45, 2.75) is 210 Å². The predicted molar refractivity (Wildman–Crippen MR) is 197 cm³/mol. The SMILES string of the molecule is CCCCCCCCCCCCCCOCC(COC1OC(COC2OC(CO)C(O)C(O)C2O)C(O)C(O)C1O)OC(=O)CCCCCCCCC. The average molecular weight is 767 g/mol. The van der Waals surface area contributed by atoms with Crippen LogP contribution in [0.1, 0.15) is 142 Å². The first kappa shape index (κ1) is 48.1. The van der Waals surface area contributed by atoms with Gasteiger partial charge >= 0.3 is 5.97 Å². The van der Waals surface area contributed by atoms with E-state index in [4.69, 9.17) is 28.4 Å². The number of aliphatic hydroxyl groups excluding tert-OH is 7. The molecule has 2 fully saturated rings. The van der Waals surface area contributed by atoms with Crippen LogP contribution in [0.4, 0.5) is 0 Å². The lowest BCUT2D eigenvalue weighted by molar-refractivity contribution is -0.332. The monoisotopic (exact) mass is 767 g/mol. The van der Waals surface area contributed by atoms with Gasteiger partial charge in [-0.3, -0.25) is 4.79 Å². The van der Waals surface area contributed by atoms with Crippen molar-refractivity contribution in [3.8, 4) is 0 Å². The van der Waals surface area contributed by atoms with Crippen LogP contribution in [0.3, 0.4) is 0 Å². The fourth-order valence-electron chi connectivity index (χ4n) is 6.64. The maximum atomic E-state index is 12.8. The van der Waals surface area contributed by atoms with Crippen LogP contribution >= 0.6 is 0 Å². The molecule has 11 atom stereocenters. The van der Waals surface area contributed by atoms with Gasteiger partial charge in [0.15, 0.2) is 12.6 Å².